The summed E-state index contributed by atoms with van der Waals surface area (Å²) in [5, 5.41) is 0. The van der Waals surface area contributed by atoms with Crippen LogP contribution >= 0.6 is 0 Å². The summed E-state index contributed by atoms with van der Waals surface area (Å²) in [6, 6.07) is 5.88. The second kappa shape index (κ2) is 5.32. The number of aromatic nitrogens is 3. The van der Waals surface area contributed by atoms with Crippen LogP contribution in [0.2, 0.25) is 0 Å². The number of rotatable bonds is 2. The van der Waals surface area contributed by atoms with Crippen molar-refractivity contribution in [3.8, 4) is 11.3 Å². The number of nitrogens with zero attached hydrogens (tertiary/aromatic N) is 5. The molecule has 0 atom stereocenters. The second-order valence-corrected chi connectivity index (χ2v) is 4.77. The Kier molecular flexibility index (Phi) is 3.37. The molecule has 0 amide bonds. The summed E-state index contributed by atoms with van der Waals surface area (Å²) < 4.78 is 0. The van der Waals surface area contributed by atoms with E-state index in [9.17, 15) is 0 Å². The van der Waals surface area contributed by atoms with Crippen LogP contribution in [0.15, 0.2) is 36.8 Å². The fourth-order valence-corrected chi connectivity index (χ4v) is 2.19. The molecule has 0 spiro atoms. The van der Waals surface area contributed by atoms with Gasteiger partial charge < -0.3 is 9.80 Å². The molecule has 19 heavy (non-hydrogen) atoms. The Morgan fingerprint density at radius 2 is 1.68 bits per heavy atom. The predicted octanol–water partition coefficient (Wildman–Crippen LogP) is 1.29. The van der Waals surface area contributed by atoms with Crippen molar-refractivity contribution >= 4 is 5.95 Å². The average molecular weight is 255 g/mol. The molecule has 3 rings (SSSR count). The van der Waals surface area contributed by atoms with Crippen LogP contribution in [0.5, 0.6) is 0 Å². The van der Waals surface area contributed by atoms with E-state index < -0.39 is 0 Å². The van der Waals surface area contributed by atoms with E-state index in [1.165, 1.54) is 0 Å². The van der Waals surface area contributed by atoms with E-state index in [2.05, 4.69) is 31.8 Å². The van der Waals surface area contributed by atoms with Crippen molar-refractivity contribution in [1.82, 2.24) is 19.9 Å². The Hall–Kier alpha value is -2.01. The van der Waals surface area contributed by atoms with E-state index in [1.54, 1.807) is 12.4 Å². The molecule has 0 radical (unpaired) electrons. The van der Waals surface area contributed by atoms with Crippen molar-refractivity contribution in [3.63, 3.8) is 0 Å². The third-order valence-electron chi connectivity index (χ3n) is 3.41. The van der Waals surface area contributed by atoms with Gasteiger partial charge in [0.1, 0.15) is 0 Å². The molecular weight excluding hydrogens is 238 g/mol. The summed E-state index contributed by atoms with van der Waals surface area (Å²) >= 11 is 0. The first-order valence-electron chi connectivity index (χ1n) is 6.50. The Morgan fingerprint density at radius 1 is 0.947 bits per heavy atom. The van der Waals surface area contributed by atoms with Crippen LogP contribution < -0.4 is 4.90 Å². The van der Waals surface area contributed by atoms with Crippen LogP contribution in [-0.2, 0) is 0 Å². The summed E-state index contributed by atoms with van der Waals surface area (Å²) in [6.45, 7) is 4.08. The summed E-state index contributed by atoms with van der Waals surface area (Å²) in [4.78, 5) is 17.7. The lowest BCUT2D eigenvalue weighted by atomic mass is 10.2. The van der Waals surface area contributed by atoms with Crippen molar-refractivity contribution in [3.05, 3.63) is 36.8 Å². The first-order chi connectivity index (χ1) is 9.33. The van der Waals surface area contributed by atoms with Crippen molar-refractivity contribution in [2.75, 3.05) is 38.1 Å². The van der Waals surface area contributed by atoms with Gasteiger partial charge in [0.15, 0.2) is 0 Å². The molecule has 0 bridgehead atoms. The molecule has 1 aliphatic heterocycles. The SMILES string of the molecule is CN1CCN(c2nccc(-c3ccncc3)n2)CC1. The maximum atomic E-state index is 4.66. The molecule has 0 aromatic carbocycles. The van der Waals surface area contributed by atoms with Crippen molar-refractivity contribution < 1.29 is 0 Å². The summed E-state index contributed by atoms with van der Waals surface area (Å²) in [7, 11) is 2.14. The van der Waals surface area contributed by atoms with E-state index in [0.717, 1.165) is 43.4 Å². The van der Waals surface area contributed by atoms with E-state index in [1.807, 2.05) is 24.4 Å². The predicted molar refractivity (Wildman–Crippen MR) is 75.0 cm³/mol. The van der Waals surface area contributed by atoms with Gasteiger partial charge in [0.05, 0.1) is 5.69 Å². The Labute approximate surface area is 112 Å². The number of hydrogen-bond acceptors (Lipinski definition) is 5. The highest BCUT2D eigenvalue weighted by Gasteiger charge is 2.16. The summed E-state index contributed by atoms with van der Waals surface area (Å²) in [5.74, 6) is 0.822. The zero-order chi connectivity index (χ0) is 13.1. The molecule has 0 N–H and O–H groups in total. The first kappa shape index (κ1) is 12.0. The lowest BCUT2D eigenvalue weighted by molar-refractivity contribution is 0.311. The number of piperazine rings is 1. The molecule has 0 saturated carbocycles. The van der Waals surface area contributed by atoms with E-state index >= 15 is 0 Å². The lowest BCUT2D eigenvalue weighted by Gasteiger charge is -2.32. The molecule has 2 aromatic heterocycles. The van der Waals surface area contributed by atoms with Gasteiger partial charge in [0.25, 0.3) is 0 Å². The average Bonchev–Trinajstić information content (AvgIpc) is 2.49. The number of hydrogen-bond donors (Lipinski definition) is 0. The maximum absolute atomic E-state index is 4.66. The van der Waals surface area contributed by atoms with Gasteiger partial charge in [-0.1, -0.05) is 0 Å². The summed E-state index contributed by atoms with van der Waals surface area (Å²) in [5.41, 5.74) is 2.03. The highest BCUT2D eigenvalue weighted by molar-refractivity contribution is 5.59. The molecule has 98 valence electrons. The largest absolute Gasteiger partial charge is 0.338 e. The quantitative estimate of drug-likeness (QED) is 0.809. The van der Waals surface area contributed by atoms with Gasteiger partial charge in [-0.2, -0.15) is 0 Å². The monoisotopic (exact) mass is 255 g/mol. The zero-order valence-electron chi connectivity index (χ0n) is 11.0. The number of pyridine rings is 1. The Balaban J connectivity index is 1.84. The molecule has 5 nitrogen and oxygen atoms in total. The van der Waals surface area contributed by atoms with E-state index in [0.29, 0.717) is 0 Å². The van der Waals surface area contributed by atoms with Crippen molar-refractivity contribution in [2.45, 2.75) is 0 Å². The molecule has 1 saturated heterocycles. The number of anilines is 1. The van der Waals surface area contributed by atoms with E-state index in [-0.39, 0.29) is 0 Å². The van der Waals surface area contributed by atoms with Gasteiger partial charge in [-0.3, -0.25) is 4.98 Å². The minimum atomic E-state index is 0.822. The number of likely N-dealkylation sites (N-methyl/N-ethyl adjacent to an activating group) is 1. The third kappa shape index (κ3) is 2.71. The van der Waals surface area contributed by atoms with Gasteiger partial charge in [-0.15, -0.1) is 0 Å². The molecule has 1 aliphatic rings. The van der Waals surface area contributed by atoms with Gasteiger partial charge in [-0.05, 0) is 25.2 Å². The standard InChI is InChI=1S/C14H17N5/c1-18-8-10-19(11-9-18)14-16-7-4-13(17-14)12-2-5-15-6-3-12/h2-7H,8-11H2,1H3. The van der Waals surface area contributed by atoms with Crippen LogP contribution in [0.1, 0.15) is 0 Å². The van der Waals surface area contributed by atoms with Crippen molar-refractivity contribution in [2.24, 2.45) is 0 Å². The molecule has 2 aromatic rings. The minimum absolute atomic E-state index is 0.822. The fraction of sp³-hybridized carbons (Fsp3) is 0.357. The lowest BCUT2D eigenvalue weighted by Crippen LogP contribution is -2.45. The molecular formula is C14H17N5. The van der Waals surface area contributed by atoms with Crippen LogP contribution in [0.25, 0.3) is 11.3 Å². The normalized spacial score (nSPS) is 16.6. The van der Waals surface area contributed by atoms with Crippen molar-refractivity contribution in [1.29, 1.82) is 0 Å². The Bertz CT molecular complexity index is 535. The smallest absolute Gasteiger partial charge is 0.225 e. The highest BCUT2D eigenvalue weighted by Crippen LogP contribution is 2.18. The minimum Gasteiger partial charge on any atom is -0.338 e. The zero-order valence-corrected chi connectivity index (χ0v) is 11.0. The topological polar surface area (TPSA) is 45.2 Å². The van der Waals surface area contributed by atoms with Gasteiger partial charge >= 0.3 is 0 Å². The second-order valence-electron chi connectivity index (χ2n) is 4.77. The van der Waals surface area contributed by atoms with Crippen LogP contribution in [-0.4, -0.2) is 53.1 Å². The third-order valence-corrected chi connectivity index (χ3v) is 3.41. The molecule has 3 heterocycles. The van der Waals surface area contributed by atoms with Gasteiger partial charge in [0, 0.05) is 50.3 Å². The molecule has 0 aliphatic carbocycles. The maximum Gasteiger partial charge on any atom is 0.225 e. The van der Waals surface area contributed by atoms with Gasteiger partial charge in [0.2, 0.25) is 5.95 Å². The molecule has 5 heteroatoms. The van der Waals surface area contributed by atoms with Crippen LogP contribution in [0, 0.1) is 0 Å². The van der Waals surface area contributed by atoms with Crippen LogP contribution in [0.3, 0.4) is 0 Å². The van der Waals surface area contributed by atoms with Crippen LogP contribution in [0.4, 0.5) is 5.95 Å². The van der Waals surface area contributed by atoms with E-state index in [4.69, 9.17) is 0 Å². The van der Waals surface area contributed by atoms with Gasteiger partial charge in [-0.25, -0.2) is 9.97 Å². The molecule has 0 unspecified atom stereocenters. The highest BCUT2D eigenvalue weighted by atomic mass is 15.3. The molecule has 1 fully saturated rings. The Morgan fingerprint density at radius 3 is 2.42 bits per heavy atom. The first-order valence-corrected chi connectivity index (χ1v) is 6.50. The summed E-state index contributed by atoms with van der Waals surface area (Å²) in [6.07, 6.45) is 5.40. The fourth-order valence-electron chi connectivity index (χ4n) is 2.19.